The normalized spacial score (nSPS) is 26.4. The first kappa shape index (κ1) is 15.1. The van der Waals surface area contributed by atoms with Crippen molar-refractivity contribution in [1.82, 2.24) is 24.6 Å². The molecule has 2 aromatic heterocycles. The minimum absolute atomic E-state index is 0.0113. The van der Waals surface area contributed by atoms with Gasteiger partial charge in [-0.2, -0.15) is 0 Å². The molecule has 4 heterocycles. The highest BCUT2D eigenvalue weighted by Crippen LogP contribution is 2.42. The molecule has 2 aliphatic heterocycles. The van der Waals surface area contributed by atoms with E-state index in [-0.39, 0.29) is 17.7 Å². The number of carbonyl (C=O) groups excluding carboxylic acids is 2. The Hall–Kier alpha value is -2.48. The second kappa shape index (κ2) is 5.55. The third kappa shape index (κ3) is 2.17. The predicted octanol–water partition coefficient (Wildman–Crippen LogP) is -0.0460. The van der Waals surface area contributed by atoms with Gasteiger partial charge in [-0.25, -0.2) is 9.97 Å². The fourth-order valence-electron chi connectivity index (χ4n) is 3.82. The van der Waals surface area contributed by atoms with E-state index in [1.165, 1.54) is 0 Å². The van der Waals surface area contributed by atoms with Crippen LogP contribution in [0.5, 0.6) is 0 Å². The van der Waals surface area contributed by atoms with E-state index >= 15 is 0 Å². The van der Waals surface area contributed by atoms with Gasteiger partial charge in [-0.05, 0) is 12.5 Å². The lowest BCUT2D eigenvalue weighted by Crippen LogP contribution is -2.49. The SMILES string of the molecule is CNC(=O)[C@]12CCOC[C@H]1CN(C(=O)c1cn3cccnc3n1)C2. The average molecular weight is 329 g/mol. The maximum atomic E-state index is 12.9. The number of rotatable bonds is 2. The van der Waals surface area contributed by atoms with Gasteiger partial charge in [0.15, 0.2) is 0 Å². The number of hydrogen-bond acceptors (Lipinski definition) is 5. The van der Waals surface area contributed by atoms with E-state index in [9.17, 15) is 9.59 Å². The van der Waals surface area contributed by atoms with Crippen LogP contribution in [0.2, 0.25) is 0 Å². The molecular weight excluding hydrogens is 310 g/mol. The minimum Gasteiger partial charge on any atom is -0.381 e. The summed E-state index contributed by atoms with van der Waals surface area (Å²) in [5, 5.41) is 2.76. The molecule has 2 aromatic rings. The van der Waals surface area contributed by atoms with Crippen LogP contribution >= 0.6 is 0 Å². The van der Waals surface area contributed by atoms with Crippen molar-refractivity contribution in [2.24, 2.45) is 11.3 Å². The third-order valence-electron chi connectivity index (χ3n) is 5.13. The van der Waals surface area contributed by atoms with Crippen molar-refractivity contribution in [2.45, 2.75) is 6.42 Å². The van der Waals surface area contributed by atoms with Crippen LogP contribution in [0.4, 0.5) is 0 Å². The van der Waals surface area contributed by atoms with Crippen molar-refractivity contribution in [2.75, 3.05) is 33.4 Å². The fourth-order valence-corrected chi connectivity index (χ4v) is 3.82. The molecule has 0 aliphatic carbocycles. The van der Waals surface area contributed by atoms with E-state index in [4.69, 9.17) is 4.74 Å². The van der Waals surface area contributed by atoms with E-state index in [1.807, 2.05) is 0 Å². The van der Waals surface area contributed by atoms with Crippen LogP contribution in [0.25, 0.3) is 5.78 Å². The van der Waals surface area contributed by atoms with Crippen molar-refractivity contribution in [3.05, 3.63) is 30.4 Å². The highest BCUT2D eigenvalue weighted by Gasteiger charge is 2.54. The van der Waals surface area contributed by atoms with Gasteiger partial charge in [-0.15, -0.1) is 0 Å². The zero-order valence-electron chi connectivity index (χ0n) is 13.4. The molecule has 0 bridgehead atoms. The molecule has 126 valence electrons. The van der Waals surface area contributed by atoms with Crippen LogP contribution in [-0.4, -0.2) is 64.4 Å². The van der Waals surface area contributed by atoms with Gasteiger partial charge in [0.25, 0.3) is 5.91 Å². The zero-order valence-corrected chi connectivity index (χ0v) is 13.4. The molecule has 1 N–H and O–H groups in total. The van der Waals surface area contributed by atoms with Crippen LogP contribution in [0, 0.1) is 11.3 Å². The van der Waals surface area contributed by atoms with Gasteiger partial charge < -0.3 is 15.0 Å². The zero-order chi connectivity index (χ0) is 16.7. The quantitative estimate of drug-likeness (QED) is 0.835. The van der Waals surface area contributed by atoms with Gasteiger partial charge in [0.05, 0.1) is 12.0 Å². The first-order valence-corrected chi connectivity index (χ1v) is 8.03. The summed E-state index contributed by atoms with van der Waals surface area (Å²) in [6.07, 6.45) is 5.75. The Morgan fingerprint density at radius 3 is 3.12 bits per heavy atom. The number of aromatic nitrogens is 3. The largest absolute Gasteiger partial charge is 0.381 e. The van der Waals surface area contributed by atoms with E-state index in [2.05, 4.69) is 15.3 Å². The van der Waals surface area contributed by atoms with Crippen LogP contribution in [0.15, 0.2) is 24.7 Å². The first-order chi connectivity index (χ1) is 11.6. The number of ether oxygens (including phenoxy) is 1. The molecule has 2 atom stereocenters. The maximum absolute atomic E-state index is 12.9. The number of likely N-dealkylation sites (tertiary alicyclic amines) is 1. The van der Waals surface area contributed by atoms with Gasteiger partial charge in [0.1, 0.15) is 5.69 Å². The molecule has 0 spiro atoms. The van der Waals surface area contributed by atoms with E-state index < -0.39 is 5.41 Å². The second-order valence-electron chi connectivity index (χ2n) is 6.40. The van der Waals surface area contributed by atoms with E-state index in [0.29, 0.717) is 44.2 Å². The highest BCUT2D eigenvalue weighted by atomic mass is 16.5. The molecule has 2 saturated heterocycles. The Labute approximate surface area is 138 Å². The lowest BCUT2D eigenvalue weighted by Gasteiger charge is -2.36. The summed E-state index contributed by atoms with van der Waals surface area (Å²) in [5.74, 6) is 0.327. The molecule has 2 aliphatic rings. The van der Waals surface area contributed by atoms with E-state index in [1.54, 1.807) is 41.0 Å². The lowest BCUT2D eigenvalue weighted by atomic mass is 9.73. The topological polar surface area (TPSA) is 88.8 Å². The highest BCUT2D eigenvalue weighted by molar-refractivity contribution is 5.94. The Morgan fingerprint density at radius 2 is 2.33 bits per heavy atom. The molecule has 2 fully saturated rings. The summed E-state index contributed by atoms with van der Waals surface area (Å²) < 4.78 is 7.25. The van der Waals surface area contributed by atoms with Crippen LogP contribution in [-0.2, 0) is 9.53 Å². The number of nitrogens with zero attached hydrogens (tertiary/aromatic N) is 4. The Balaban J connectivity index is 1.62. The van der Waals surface area contributed by atoms with E-state index in [0.717, 1.165) is 0 Å². The summed E-state index contributed by atoms with van der Waals surface area (Å²) in [7, 11) is 1.64. The molecule has 8 heteroatoms. The molecule has 4 rings (SSSR count). The number of nitrogens with one attached hydrogen (secondary N) is 1. The van der Waals surface area contributed by atoms with Gasteiger partial charge >= 0.3 is 0 Å². The summed E-state index contributed by atoms with van der Waals surface area (Å²) in [6.45, 7) is 1.96. The Morgan fingerprint density at radius 1 is 1.46 bits per heavy atom. The molecule has 2 amide bonds. The van der Waals surface area contributed by atoms with Gasteiger partial charge in [-0.3, -0.25) is 14.0 Å². The minimum atomic E-state index is -0.555. The summed E-state index contributed by atoms with van der Waals surface area (Å²) in [4.78, 5) is 35.5. The predicted molar refractivity (Wildman–Crippen MR) is 84.3 cm³/mol. The Kier molecular flexibility index (Phi) is 3.49. The fraction of sp³-hybridized carbons (Fsp3) is 0.500. The Bertz CT molecular complexity index is 771. The van der Waals surface area contributed by atoms with Crippen LogP contribution in [0.1, 0.15) is 16.9 Å². The standard InChI is InChI=1S/C16H19N5O3/c1-17-14(23)16-3-6-24-9-11(16)7-21(10-16)13(22)12-8-20-5-2-4-18-15(20)19-12/h2,4-5,8,11H,3,6-7,9-10H2,1H3,(H,17,23)/t11-,16+/m1/s1. The van der Waals surface area contributed by atoms with Crippen molar-refractivity contribution in [3.63, 3.8) is 0 Å². The first-order valence-electron chi connectivity index (χ1n) is 8.03. The number of imidazole rings is 1. The molecule has 24 heavy (non-hydrogen) atoms. The molecule has 8 nitrogen and oxygen atoms in total. The third-order valence-corrected chi connectivity index (χ3v) is 5.13. The average Bonchev–Trinajstić information content (AvgIpc) is 3.22. The number of hydrogen-bond donors (Lipinski definition) is 1. The van der Waals surface area contributed by atoms with Crippen molar-refractivity contribution in [1.29, 1.82) is 0 Å². The molecule has 0 saturated carbocycles. The number of fused-ring (bicyclic) bond motifs is 2. The molecular formula is C16H19N5O3. The van der Waals surface area contributed by atoms with Crippen LogP contribution < -0.4 is 5.32 Å². The van der Waals surface area contributed by atoms with Gasteiger partial charge in [0.2, 0.25) is 11.7 Å². The number of amides is 2. The van der Waals surface area contributed by atoms with Crippen molar-refractivity contribution >= 4 is 17.6 Å². The molecule has 0 unspecified atom stereocenters. The second-order valence-corrected chi connectivity index (χ2v) is 6.40. The van der Waals surface area contributed by atoms with Crippen LogP contribution in [0.3, 0.4) is 0 Å². The number of carbonyl (C=O) groups is 2. The van der Waals surface area contributed by atoms with Crippen molar-refractivity contribution < 1.29 is 14.3 Å². The lowest BCUT2D eigenvalue weighted by molar-refractivity contribution is -0.138. The van der Waals surface area contributed by atoms with Gasteiger partial charge in [0, 0.05) is 51.3 Å². The van der Waals surface area contributed by atoms with Gasteiger partial charge in [-0.1, -0.05) is 0 Å². The summed E-state index contributed by atoms with van der Waals surface area (Å²) in [6, 6.07) is 1.78. The monoisotopic (exact) mass is 329 g/mol. The molecule has 0 aromatic carbocycles. The summed E-state index contributed by atoms with van der Waals surface area (Å²) >= 11 is 0. The smallest absolute Gasteiger partial charge is 0.274 e. The summed E-state index contributed by atoms with van der Waals surface area (Å²) in [5.41, 5.74) is -0.208. The maximum Gasteiger partial charge on any atom is 0.274 e. The molecule has 0 radical (unpaired) electrons. The van der Waals surface area contributed by atoms with Crippen molar-refractivity contribution in [3.8, 4) is 0 Å².